The van der Waals surface area contributed by atoms with Crippen molar-refractivity contribution in [3.05, 3.63) is 11.9 Å². The molecule has 84 valence electrons. The first-order chi connectivity index (χ1) is 6.22. The number of allylic oxidation sites excluding steroid dienone is 1. The highest BCUT2D eigenvalue weighted by molar-refractivity contribution is 4.92. The van der Waals surface area contributed by atoms with Gasteiger partial charge in [-0.25, -0.2) is 0 Å². The summed E-state index contributed by atoms with van der Waals surface area (Å²) in [5.41, 5.74) is 6.41. The zero-order chi connectivity index (χ0) is 9.68. The molecule has 0 bridgehead atoms. The lowest BCUT2D eigenvalue weighted by Crippen LogP contribution is -2.40. The van der Waals surface area contributed by atoms with Crippen molar-refractivity contribution in [2.24, 2.45) is 5.73 Å². The molecule has 1 aliphatic rings. The van der Waals surface area contributed by atoms with E-state index in [1.807, 2.05) is 13.1 Å². The van der Waals surface area contributed by atoms with Crippen LogP contribution in [0.15, 0.2) is 11.9 Å². The summed E-state index contributed by atoms with van der Waals surface area (Å²) in [6.07, 6.45) is 4.39. The van der Waals surface area contributed by atoms with Gasteiger partial charge in [0.25, 0.3) is 0 Å². The number of rotatable bonds is 3. The summed E-state index contributed by atoms with van der Waals surface area (Å²) in [6.45, 7) is 7.74. The molecule has 0 atom stereocenters. The van der Waals surface area contributed by atoms with Crippen LogP contribution in [0.25, 0.3) is 0 Å². The van der Waals surface area contributed by atoms with E-state index in [1.54, 1.807) is 0 Å². The topological polar surface area (TPSA) is 76.3 Å². The minimum Gasteiger partial charge on any atom is -0.401 e. The van der Waals surface area contributed by atoms with Crippen molar-refractivity contribution in [3.8, 4) is 0 Å². The molecule has 0 aromatic heterocycles. The van der Waals surface area contributed by atoms with Gasteiger partial charge in [0.1, 0.15) is 0 Å². The van der Waals surface area contributed by atoms with Gasteiger partial charge in [-0.05, 0) is 26.3 Å². The van der Waals surface area contributed by atoms with Crippen molar-refractivity contribution in [3.63, 3.8) is 0 Å². The van der Waals surface area contributed by atoms with Gasteiger partial charge in [0, 0.05) is 31.0 Å². The molecule has 0 radical (unpaired) electrons. The summed E-state index contributed by atoms with van der Waals surface area (Å²) in [7, 11) is 0. The van der Waals surface area contributed by atoms with E-state index in [9.17, 15) is 0 Å². The van der Waals surface area contributed by atoms with Crippen LogP contribution in [-0.4, -0.2) is 30.6 Å². The molecule has 1 heterocycles. The first-order valence-electron chi connectivity index (χ1n) is 5.13. The van der Waals surface area contributed by atoms with Crippen LogP contribution in [0, 0.1) is 0 Å². The number of piperidine rings is 1. The smallest absolute Gasteiger partial charge is 0.0280 e. The van der Waals surface area contributed by atoms with Gasteiger partial charge >= 0.3 is 0 Å². The third kappa shape index (κ3) is 4.48. The van der Waals surface area contributed by atoms with Crippen molar-refractivity contribution >= 4 is 0 Å². The number of nitrogens with two attached hydrogens (primary N) is 1. The molecule has 4 heteroatoms. The van der Waals surface area contributed by atoms with Crippen molar-refractivity contribution in [2.45, 2.75) is 32.7 Å². The predicted molar refractivity (Wildman–Crippen MR) is 61.2 cm³/mol. The van der Waals surface area contributed by atoms with Crippen molar-refractivity contribution < 1.29 is 0 Å². The first kappa shape index (κ1) is 13.3. The number of hydrogen-bond donors (Lipinski definition) is 3. The number of nitrogens with zero attached hydrogens (tertiary/aromatic N) is 1. The standard InChI is InChI=1S/C10H21N3.H3N/c1-3-13-6-4-10(5-7-13)12-8-9(2)11;/h8,10,12H,3-7,11H2,1-2H3;1H3/b9-8-;. The largest absolute Gasteiger partial charge is 0.401 e. The third-order valence-electron chi connectivity index (χ3n) is 2.58. The summed E-state index contributed by atoms with van der Waals surface area (Å²) >= 11 is 0. The molecule has 1 fully saturated rings. The average molecular weight is 200 g/mol. The molecule has 1 aliphatic heterocycles. The fraction of sp³-hybridized carbons (Fsp3) is 0.800. The van der Waals surface area contributed by atoms with Crippen LogP contribution in [0.3, 0.4) is 0 Å². The Morgan fingerprint density at radius 2 is 2.07 bits per heavy atom. The molecule has 0 unspecified atom stereocenters. The first-order valence-corrected chi connectivity index (χ1v) is 5.13. The van der Waals surface area contributed by atoms with Crippen LogP contribution in [-0.2, 0) is 0 Å². The molecule has 14 heavy (non-hydrogen) atoms. The summed E-state index contributed by atoms with van der Waals surface area (Å²) in [5, 5.41) is 3.35. The second-order valence-electron chi connectivity index (χ2n) is 3.76. The van der Waals surface area contributed by atoms with Gasteiger partial charge in [0.2, 0.25) is 0 Å². The highest BCUT2D eigenvalue weighted by Gasteiger charge is 2.16. The zero-order valence-electron chi connectivity index (χ0n) is 9.42. The monoisotopic (exact) mass is 200 g/mol. The van der Waals surface area contributed by atoms with Gasteiger partial charge in [-0.2, -0.15) is 0 Å². The van der Waals surface area contributed by atoms with E-state index < -0.39 is 0 Å². The minimum atomic E-state index is 0. The Morgan fingerprint density at radius 3 is 2.50 bits per heavy atom. The fourth-order valence-corrected chi connectivity index (χ4v) is 1.67. The lowest BCUT2D eigenvalue weighted by atomic mass is 10.1. The molecular weight excluding hydrogens is 176 g/mol. The van der Waals surface area contributed by atoms with Crippen LogP contribution >= 0.6 is 0 Å². The number of nitrogens with one attached hydrogen (secondary N) is 1. The van der Waals surface area contributed by atoms with E-state index in [4.69, 9.17) is 5.73 Å². The second kappa shape index (κ2) is 6.68. The van der Waals surface area contributed by atoms with Crippen LogP contribution in [0.5, 0.6) is 0 Å². The van der Waals surface area contributed by atoms with Crippen LogP contribution in [0.4, 0.5) is 0 Å². The molecule has 0 saturated carbocycles. The van der Waals surface area contributed by atoms with Gasteiger partial charge in [-0.15, -0.1) is 0 Å². The zero-order valence-corrected chi connectivity index (χ0v) is 9.42. The van der Waals surface area contributed by atoms with Gasteiger partial charge in [0.15, 0.2) is 0 Å². The van der Waals surface area contributed by atoms with E-state index in [-0.39, 0.29) is 6.15 Å². The molecule has 4 nitrogen and oxygen atoms in total. The van der Waals surface area contributed by atoms with Crippen LogP contribution in [0.1, 0.15) is 26.7 Å². The lowest BCUT2D eigenvalue weighted by molar-refractivity contribution is 0.213. The average Bonchev–Trinajstić information content (AvgIpc) is 2.15. The summed E-state index contributed by atoms with van der Waals surface area (Å²) < 4.78 is 0. The molecule has 0 aromatic rings. The summed E-state index contributed by atoms with van der Waals surface area (Å²) in [6, 6.07) is 0.626. The minimum absolute atomic E-state index is 0. The normalized spacial score (nSPS) is 20.3. The number of likely N-dealkylation sites (tertiary alicyclic amines) is 1. The molecule has 1 rings (SSSR count). The van der Waals surface area contributed by atoms with Gasteiger partial charge in [-0.3, -0.25) is 0 Å². The van der Waals surface area contributed by atoms with Crippen molar-refractivity contribution in [2.75, 3.05) is 19.6 Å². The van der Waals surface area contributed by atoms with E-state index in [1.165, 1.54) is 32.5 Å². The highest BCUT2D eigenvalue weighted by atomic mass is 15.1. The van der Waals surface area contributed by atoms with Gasteiger partial charge in [-0.1, -0.05) is 6.92 Å². The molecule has 0 spiro atoms. The Balaban J connectivity index is 0.00000169. The van der Waals surface area contributed by atoms with Crippen molar-refractivity contribution in [1.29, 1.82) is 0 Å². The van der Waals surface area contributed by atoms with E-state index in [2.05, 4.69) is 17.1 Å². The third-order valence-corrected chi connectivity index (χ3v) is 2.58. The Morgan fingerprint density at radius 1 is 1.50 bits per heavy atom. The highest BCUT2D eigenvalue weighted by Crippen LogP contribution is 2.09. The maximum Gasteiger partial charge on any atom is 0.0280 e. The molecule has 0 amide bonds. The Bertz CT molecular complexity index is 167. The van der Waals surface area contributed by atoms with Crippen LogP contribution in [0.2, 0.25) is 0 Å². The molecule has 0 aromatic carbocycles. The molecular formula is C10H24N4. The van der Waals surface area contributed by atoms with Crippen molar-refractivity contribution in [1.82, 2.24) is 16.4 Å². The molecule has 0 aliphatic carbocycles. The Hall–Kier alpha value is -0.740. The van der Waals surface area contributed by atoms with E-state index >= 15 is 0 Å². The maximum absolute atomic E-state index is 5.55. The predicted octanol–water partition coefficient (Wildman–Crippen LogP) is 1.04. The summed E-state index contributed by atoms with van der Waals surface area (Å²) in [5.74, 6) is 0. The quantitative estimate of drug-likeness (QED) is 0.636. The lowest BCUT2D eigenvalue weighted by Gasteiger charge is -2.31. The second-order valence-corrected chi connectivity index (χ2v) is 3.76. The summed E-state index contributed by atoms with van der Waals surface area (Å²) in [4.78, 5) is 2.48. The maximum atomic E-state index is 5.55. The Labute approximate surface area is 87.1 Å². The molecule has 6 N–H and O–H groups in total. The SMILES string of the molecule is CCN1CCC(N/C=C(/C)N)CC1.N. The fourth-order valence-electron chi connectivity index (χ4n) is 1.67. The van der Waals surface area contributed by atoms with Crippen LogP contribution < -0.4 is 17.2 Å². The Kier molecular flexibility index (Phi) is 6.32. The number of hydrogen-bond acceptors (Lipinski definition) is 4. The van der Waals surface area contributed by atoms with E-state index in [0.29, 0.717) is 6.04 Å². The van der Waals surface area contributed by atoms with Gasteiger partial charge in [0.05, 0.1) is 0 Å². The van der Waals surface area contributed by atoms with Gasteiger partial charge < -0.3 is 22.1 Å². The molecule has 1 saturated heterocycles. The van der Waals surface area contributed by atoms with E-state index in [0.717, 1.165) is 5.70 Å².